The Morgan fingerprint density at radius 2 is 2.21 bits per heavy atom. The van der Waals surface area contributed by atoms with Crippen LogP contribution in [0.3, 0.4) is 0 Å². The number of hydrogen-bond acceptors (Lipinski definition) is 2. The van der Waals surface area contributed by atoms with E-state index in [-0.39, 0.29) is 12.2 Å². The molecular formula is C12H16O2. The summed E-state index contributed by atoms with van der Waals surface area (Å²) < 4.78 is 5.87. The molecule has 1 heterocycles. The molecule has 1 aliphatic heterocycles. The van der Waals surface area contributed by atoms with Crippen molar-refractivity contribution >= 4 is 0 Å². The molecule has 1 aromatic rings. The molecule has 14 heavy (non-hydrogen) atoms. The topological polar surface area (TPSA) is 29.5 Å². The van der Waals surface area contributed by atoms with E-state index in [4.69, 9.17) is 4.74 Å². The first-order chi connectivity index (χ1) is 6.79. The Kier molecular flexibility index (Phi) is 2.46. The molecule has 0 radical (unpaired) electrons. The molecule has 1 unspecified atom stereocenters. The lowest BCUT2D eigenvalue weighted by Gasteiger charge is -2.36. The van der Waals surface area contributed by atoms with Crippen molar-refractivity contribution in [3.8, 4) is 5.75 Å². The van der Waals surface area contributed by atoms with Gasteiger partial charge in [-0.1, -0.05) is 25.1 Å². The molecule has 0 aliphatic carbocycles. The SMILES string of the molecule is CCC1(CO)CCc2ccccc2O1. The third-order valence-electron chi connectivity index (χ3n) is 3.08. The Labute approximate surface area is 84.5 Å². The summed E-state index contributed by atoms with van der Waals surface area (Å²) in [5.41, 5.74) is 0.916. The summed E-state index contributed by atoms with van der Waals surface area (Å²) >= 11 is 0. The van der Waals surface area contributed by atoms with Crippen LogP contribution in [0.25, 0.3) is 0 Å². The molecule has 0 spiro atoms. The van der Waals surface area contributed by atoms with Crippen molar-refractivity contribution in [1.82, 2.24) is 0 Å². The number of aliphatic hydroxyl groups is 1. The molecule has 0 aromatic heterocycles. The van der Waals surface area contributed by atoms with Gasteiger partial charge in [0, 0.05) is 0 Å². The Morgan fingerprint density at radius 3 is 2.93 bits per heavy atom. The van der Waals surface area contributed by atoms with Crippen LogP contribution in [0.5, 0.6) is 5.75 Å². The van der Waals surface area contributed by atoms with Gasteiger partial charge in [0.25, 0.3) is 0 Å². The van der Waals surface area contributed by atoms with Crippen LogP contribution in [0.15, 0.2) is 24.3 Å². The minimum absolute atomic E-state index is 0.109. The lowest BCUT2D eigenvalue weighted by atomic mass is 9.89. The zero-order chi connectivity index (χ0) is 10.0. The van der Waals surface area contributed by atoms with Crippen LogP contribution in [0.1, 0.15) is 25.3 Å². The maximum absolute atomic E-state index is 9.34. The Bertz CT molecular complexity index is 316. The normalized spacial score (nSPS) is 25.3. The van der Waals surface area contributed by atoms with Crippen molar-refractivity contribution in [2.75, 3.05) is 6.61 Å². The molecule has 0 fully saturated rings. The van der Waals surface area contributed by atoms with Crippen molar-refractivity contribution in [1.29, 1.82) is 0 Å². The predicted molar refractivity (Wildman–Crippen MR) is 55.5 cm³/mol. The minimum atomic E-state index is -0.339. The van der Waals surface area contributed by atoms with Gasteiger partial charge < -0.3 is 9.84 Å². The highest BCUT2D eigenvalue weighted by atomic mass is 16.5. The molecule has 0 amide bonds. The largest absolute Gasteiger partial charge is 0.485 e. The van der Waals surface area contributed by atoms with E-state index < -0.39 is 0 Å². The summed E-state index contributed by atoms with van der Waals surface area (Å²) in [5.74, 6) is 0.939. The number of fused-ring (bicyclic) bond motifs is 1. The lowest BCUT2D eigenvalue weighted by Crippen LogP contribution is -2.42. The second-order valence-corrected chi connectivity index (χ2v) is 3.90. The fourth-order valence-electron chi connectivity index (χ4n) is 1.93. The van der Waals surface area contributed by atoms with Crippen LogP contribution in [-0.4, -0.2) is 17.3 Å². The molecule has 0 saturated heterocycles. The monoisotopic (exact) mass is 192 g/mol. The zero-order valence-corrected chi connectivity index (χ0v) is 8.49. The highest BCUT2D eigenvalue weighted by Crippen LogP contribution is 2.34. The fraction of sp³-hybridized carbons (Fsp3) is 0.500. The van der Waals surface area contributed by atoms with Crippen molar-refractivity contribution < 1.29 is 9.84 Å². The summed E-state index contributed by atoms with van der Waals surface area (Å²) in [6, 6.07) is 8.07. The standard InChI is InChI=1S/C12H16O2/c1-2-12(9-13)8-7-10-5-3-4-6-11(10)14-12/h3-6,13H,2,7-9H2,1H3. The zero-order valence-electron chi connectivity index (χ0n) is 8.49. The second-order valence-electron chi connectivity index (χ2n) is 3.90. The highest BCUT2D eigenvalue weighted by molar-refractivity contribution is 5.36. The number of aliphatic hydroxyl groups excluding tert-OH is 1. The number of benzene rings is 1. The van der Waals surface area contributed by atoms with E-state index in [2.05, 4.69) is 13.0 Å². The maximum Gasteiger partial charge on any atom is 0.132 e. The quantitative estimate of drug-likeness (QED) is 0.778. The van der Waals surface area contributed by atoms with Crippen LogP contribution in [0.4, 0.5) is 0 Å². The van der Waals surface area contributed by atoms with Crippen LogP contribution < -0.4 is 4.74 Å². The molecule has 0 bridgehead atoms. The molecule has 76 valence electrons. The molecule has 1 N–H and O–H groups in total. The van der Waals surface area contributed by atoms with E-state index in [9.17, 15) is 5.11 Å². The fourth-order valence-corrected chi connectivity index (χ4v) is 1.93. The van der Waals surface area contributed by atoms with Crippen molar-refractivity contribution in [2.45, 2.75) is 31.8 Å². The number of ether oxygens (including phenoxy) is 1. The predicted octanol–water partition coefficient (Wildman–Crippen LogP) is 2.15. The average molecular weight is 192 g/mol. The first-order valence-electron chi connectivity index (χ1n) is 5.17. The van der Waals surface area contributed by atoms with Crippen LogP contribution in [0.2, 0.25) is 0 Å². The third-order valence-corrected chi connectivity index (χ3v) is 3.08. The maximum atomic E-state index is 9.34. The van der Waals surface area contributed by atoms with Crippen LogP contribution in [-0.2, 0) is 6.42 Å². The Hall–Kier alpha value is -1.02. The summed E-state index contributed by atoms with van der Waals surface area (Å²) in [6.45, 7) is 2.17. The molecule has 0 saturated carbocycles. The van der Waals surface area contributed by atoms with E-state index in [0.29, 0.717) is 0 Å². The van der Waals surface area contributed by atoms with Gasteiger partial charge in [-0.25, -0.2) is 0 Å². The van der Waals surface area contributed by atoms with E-state index in [1.165, 1.54) is 5.56 Å². The van der Waals surface area contributed by atoms with Crippen molar-refractivity contribution in [3.63, 3.8) is 0 Å². The van der Waals surface area contributed by atoms with E-state index >= 15 is 0 Å². The number of para-hydroxylation sites is 1. The number of hydrogen-bond donors (Lipinski definition) is 1. The first kappa shape index (κ1) is 9.53. The summed E-state index contributed by atoms with van der Waals surface area (Å²) in [7, 11) is 0. The molecule has 2 rings (SSSR count). The van der Waals surface area contributed by atoms with Gasteiger partial charge in [-0.15, -0.1) is 0 Å². The van der Waals surface area contributed by atoms with Crippen LogP contribution >= 0.6 is 0 Å². The molecule has 1 atom stereocenters. The summed E-state index contributed by atoms with van der Waals surface area (Å²) in [5, 5.41) is 9.34. The minimum Gasteiger partial charge on any atom is -0.485 e. The smallest absolute Gasteiger partial charge is 0.132 e. The molecule has 1 aliphatic rings. The van der Waals surface area contributed by atoms with Crippen molar-refractivity contribution in [3.05, 3.63) is 29.8 Å². The van der Waals surface area contributed by atoms with E-state index in [1.807, 2.05) is 18.2 Å². The Balaban J connectivity index is 2.28. The first-order valence-corrected chi connectivity index (χ1v) is 5.17. The molecular weight excluding hydrogens is 176 g/mol. The van der Waals surface area contributed by atoms with E-state index in [0.717, 1.165) is 25.0 Å². The van der Waals surface area contributed by atoms with Gasteiger partial charge in [0.15, 0.2) is 0 Å². The molecule has 2 nitrogen and oxygen atoms in total. The summed E-state index contributed by atoms with van der Waals surface area (Å²) in [6.07, 6.45) is 2.78. The Morgan fingerprint density at radius 1 is 1.43 bits per heavy atom. The highest BCUT2D eigenvalue weighted by Gasteiger charge is 2.33. The number of rotatable bonds is 2. The average Bonchev–Trinajstić information content (AvgIpc) is 2.28. The van der Waals surface area contributed by atoms with Gasteiger partial charge in [-0.3, -0.25) is 0 Å². The molecule has 2 heteroatoms. The molecule has 1 aromatic carbocycles. The number of aryl methyl sites for hydroxylation is 1. The van der Waals surface area contributed by atoms with Gasteiger partial charge >= 0.3 is 0 Å². The second kappa shape index (κ2) is 3.62. The van der Waals surface area contributed by atoms with Gasteiger partial charge in [-0.2, -0.15) is 0 Å². The van der Waals surface area contributed by atoms with Gasteiger partial charge in [0.1, 0.15) is 11.4 Å². The third kappa shape index (κ3) is 1.50. The van der Waals surface area contributed by atoms with Crippen LogP contribution in [0, 0.1) is 0 Å². The van der Waals surface area contributed by atoms with Gasteiger partial charge in [0.05, 0.1) is 6.61 Å². The lowest BCUT2D eigenvalue weighted by molar-refractivity contribution is -0.0106. The van der Waals surface area contributed by atoms with Gasteiger partial charge in [0.2, 0.25) is 0 Å². The summed E-state index contributed by atoms with van der Waals surface area (Å²) in [4.78, 5) is 0. The van der Waals surface area contributed by atoms with Crippen molar-refractivity contribution in [2.24, 2.45) is 0 Å². The van der Waals surface area contributed by atoms with E-state index in [1.54, 1.807) is 0 Å². The van der Waals surface area contributed by atoms with Gasteiger partial charge in [-0.05, 0) is 30.9 Å².